The van der Waals surface area contributed by atoms with Crippen molar-refractivity contribution in [1.29, 1.82) is 0 Å². The van der Waals surface area contributed by atoms with Gasteiger partial charge in [0.1, 0.15) is 6.10 Å². The van der Waals surface area contributed by atoms with Crippen molar-refractivity contribution in [2.45, 2.75) is 63.9 Å². The van der Waals surface area contributed by atoms with Crippen molar-refractivity contribution >= 4 is 5.97 Å². The maximum atomic E-state index is 11.7. The molecule has 0 aromatic heterocycles. The summed E-state index contributed by atoms with van der Waals surface area (Å²) in [5, 5.41) is 30.5. The Kier molecular flexibility index (Phi) is 4.23. The molecule has 1 fully saturated rings. The van der Waals surface area contributed by atoms with Crippen molar-refractivity contribution in [1.82, 2.24) is 0 Å². The lowest BCUT2D eigenvalue weighted by molar-refractivity contribution is -0.142. The second kappa shape index (κ2) is 5.47. The highest BCUT2D eigenvalue weighted by Gasteiger charge is 2.43. The first-order valence-corrected chi connectivity index (χ1v) is 7.19. The number of esters is 1. The summed E-state index contributed by atoms with van der Waals surface area (Å²) in [4.78, 5) is 11.7. The molecule has 20 heavy (non-hydrogen) atoms. The Hall–Kier alpha value is -0.910. The van der Waals surface area contributed by atoms with Gasteiger partial charge in [0.2, 0.25) is 0 Å². The number of aliphatic hydroxyl groups excluding tert-OH is 2. The second-order valence-corrected chi connectivity index (χ2v) is 6.43. The lowest BCUT2D eigenvalue weighted by atomic mass is 9.79. The van der Waals surface area contributed by atoms with Crippen LogP contribution in [0.1, 0.15) is 40.0 Å². The van der Waals surface area contributed by atoms with Crippen LogP contribution >= 0.6 is 0 Å². The van der Waals surface area contributed by atoms with Gasteiger partial charge in [0, 0.05) is 12.3 Å². The van der Waals surface area contributed by atoms with Gasteiger partial charge in [0.25, 0.3) is 0 Å². The van der Waals surface area contributed by atoms with Gasteiger partial charge in [-0.15, -0.1) is 0 Å². The Balaban J connectivity index is 2.31. The molecule has 0 radical (unpaired) electrons. The SMILES string of the molecule is C/C1=C\[C@H]2OC(=O)[C@@H](C)[C@@H]2CC[C@](C)(O)[C@@H](O)C[C@@H]1O. The first-order valence-electron chi connectivity index (χ1n) is 7.19. The van der Waals surface area contributed by atoms with Gasteiger partial charge in [-0.25, -0.2) is 0 Å². The lowest BCUT2D eigenvalue weighted by Gasteiger charge is -2.33. The Labute approximate surface area is 119 Å². The highest BCUT2D eigenvalue weighted by atomic mass is 16.6. The van der Waals surface area contributed by atoms with E-state index in [0.29, 0.717) is 18.4 Å². The molecule has 5 heteroatoms. The summed E-state index contributed by atoms with van der Waals surface area (Å²) in [6.45, 7) is 5.15. The van der Waals surface area contributed by atoms with Crippen molar-refractivity contribution in [2.75, 3.05) is 0 Å². The minimum atomic E-state index is -1.27. The fourth-order valence-corrected chi connectivity index (χ4v) is 3.01. The van der Waals surface area contributed by atoms with Crippen molar-refractivity contribution < 1.29 is 24.9 Å². The van der Waals surface area contributed by atoms with Crippen LogP contribution in [0.2, 0.25) is 0 Å². The van der Waals surface area contributed by atoms with E-state index in [2.05, 4.69) is 0 Å². The Morgan fingerprint density at radius 2 is 2.05 bits per heavy atom. The van der Waals surface area contributed by atoms with Crippen molar-refractivity contribution in [2.24, 2.45) is 11.8 Å². The third kappa shape index (κ3) is 2.90. The zero-order valence-corrected chi connectivity index (χ0v) is 12.2. The monoisotopic (exact) mass is 284 g/mol. The van der Waals surface area contributed by atoms with Crippen LogP contribution in [0.3, 0.4) is 0 Å². The zero-order valence-electron chi connectivity index (χ0n) is 12.2. The summed E-state index contributed by atoms with van der Waals surface area (Å²) in [5.74, 6) is -0.493. The van der Waals surface area contributed by atoms with E-state index in [-0.39, 0.29) is 30.3 Å². The van der Waals surface area contributed by atoms with E-state index >= 15 is 0 Å². The van der Waals surface area contributed by atoms with Crippen LogP contribution in [0, 0.1) is 11.8 Å². The van der Waals surface area contributed by atoms with E-state index in [0.717, 1.165) is 0 Å². The minimum absolute atomic E-state index is 0.0265. The van der Waals surface area contributed by atoms with Crippen LogP contribution in [-0.2, 0) is 9.53 Å². The van der Waals surface area contributed by atoms with E-state index < -0.39 is 17.8 Å². The molecule has 0 aromatic carbocycles. The summed E-state index contributed by atoms with van der Waals surface area (Å²) in [6, 6.07) is 0. The minimum Gasteiger partial charge on any atom is -0.458 e. The third-order valence-electron chi connectivity index (χ3n) is 4.79. The van der Waals surface area contributed by atoms with E-state index in [1.165, 1.54) is 0 Å². The summed E-state index contributed by atoms with van der Waals surface area (Å²) < 4.78 is 5.35. The number of fused-ring (bicyclic) bond motifs is 1. The molecule has 2 rings (SSSR count). The van der Waals surface area contributed by atoms with Gasteiger partial charge in [-0.05, 0) is 38.3 Å². The number of carbonyl (C=O) groups is 1. The molecule has 0 unspecified atom stereocenters. The molecule has 1 heterocycles. The normalized spacial score (nSPS) is 49.0. The number of aliphatic hydroxyl groups is 3. The summed E-state index contributed by atoms with van der Waals surface area (Å²) in [6.07, 6.45) is 0.644. The number of hydrogen-bond acceptors (Lipinski definition) is 5. The van der Waals surface area contributed by atoms with Gasteiger partial charge in [-0.1, -0.05) is 6.92 Å². The fourth-order valence-electron chi connectivity index (χ4n) is 3.01. The summed E-state index contributed by atoms with van der Waals surface area (Å²) in [5.41, 5.74) is -0.604. The van der Waals surface area contributed by atoms with Gasteiger partial charge in [-0.2, -0.15) is 0 Å². The van der Waals surface area contributed by atoms with Gasteiger partial charge in [0.15, 0.2) is 0 Å². The Morgan fingerprint density at radius 1 is 1.40 bits per heavy atom. The molecule has 5 nitrogen and oxygen atoms in total. The molecule has 0 spiro atoms. The molecule has 0 aromatic rings. The smallest absolute Gasteiger partial charge is 0.309 e. The van der Waals surface area contributed by atoms with Crippen LogP contribution in [0.15, 0.2) is 11.6 Å². The van der Waals surface area contributed by atoms with Crippen molar-refractivity contribution in [3.05, 3.63) is 11.6 Å². The third-order valence-corrected chi connectivity index (χ3v) is 4.79. The van der Waals surface area contributed by atoms with E-state index in [9.17, 15) is 20.1 Å². The summed E-state index contributed by atoms with van der Waals surface area (Å²) >= 11 is 0. The maximum absolute atomic E-state index is 11.7. The average Bonchev–Trinajstić information content (AvgIpc) is 2.61. The molecule has 1 aliphatic heterocycles. The molecule has 6 atom stereocenters. The van der Waals surface area contributed by atoms with Crippen LogP contribution in [-0.4, -0.2) is 45.2 Å². The molecule has 0 bridgehead atoms. The standard InChI is InChI=1S/C15H24O5/c1-8-6-12-10(9(2)14(18)20-12)4-5-15(3,19)13(17)7-11(8)16/h6,9-13,16-17,19H,4-5,7H2,1-3H3/b8-6+/t9-,10-,11-,12+,13-,15-/m0/s1. The molecule has 0 amide bonds. The largest absolute Gasteiger partial charge is 0.458 e. The molecular weight excluding hydrogens is 260 g/mol. The van der Waals surface area contributed by atoms with Crippen molar-refractivity contribution in [3.8, 4) is 0 Å². The molecule has 1 saturated heterocycles. The topological polar surface area (TPSA) is 87.0 Å². The predicted octanol–water partition coefficient (Wildman–Crippen LogP) is 0.767. The number of ether oxygens (including phenoxy) is 1. The van der Waals surface area contributed by atoms with E-state index in [1.54, 1.807) is 19.9 Å². The average molecular weight is 284 g/mol. The maximum Gasteiger partial charge on any atom is 0.309 e. The van der Waals surface area contributed by atoms with Gasteiger partial charge in [0.05, 0.1) is 23.7 Å². The van der Waals surface area contributed by atoms with E-state index in [1.807, 2.05) is 6.92 Å². The highest BCUT2D eigenvalue weighted by Crippen LogP contribution is 2.37. The molecular formula is C15H24O5. The van der Waals surface area contributed by atoms with Crippen molar-refractivity contribution in [3.63, 3.8) is 0 Å². The molecule has 1 aliphatic carbocycles. The molecule has 114 valence electrons. The lowest BCUT2D eigenvalue weighted by Crippen LogP contribution is -2.43. The number of carbonyl (C=O) groups excluding carboxylic acids is 1. The highest BCUT2D eigenvalue weighted by molar-refractivity contribution is 5.75. The zero-order chi connectivity index (χ0) is 15.1. The number of rotatable bonds is 0. The molecule has 2 aliphatic rings. The Bertz CT molecular complexity index is 414. The molecule has 3 N–H and O–H groups in total. The van der Waals surface area contributed by atoms with Crippen LogP contribution in [0.5, 0.6) is 0 Å². The predicted molar refractivity (Wildman–Crippen MR) is 72.8 cm³/mol. The van der Waals surface area contributed by atoms with Gasteiger partial charge < -0.3 is 20.1 Å². The van der Waals surface area contributed by atoms with Gasteiger partial charge >= 0.3 is 5.97 Å². The second-order valence-electron chi connectivity index (χ2n) is 6.43. The summed E-state index contributed by atoms with van der Waals surface area (Å²) in [7, 11) is 0. The van der Waals surface area contributed by atoms with E-state index in [4.69, 9.17) is 4.74 Å². The quantitative estimate of drug-likeness (QED) is 0.452. The van der Waals surface area contributed by atoms with Gasteiger partial charge in [-0.3, -0.25) is 4.79 Å². The fraction of sp³-hybridized carbons (Fsp3) is 0.800. The molecule has 0 saturated carbocycles. The first kappa shape index (κ1) is 15.5. The van der Waals surface area contributed by atoms with Crippen LogP contribution in [0.25, 0.3) is 0 Å². The van der Waals surface area contributed by atoms with Crippen LogP contribution < -0.4 is 0 Å². The van der Waals surface area contributed by atoms with Crippen LogP contribution in [0.4, 0.5) is 0 Å². The first-order chi connectivity index (χ1) is 9.22. The number of hydrogen-bond donors (Lipinski definition) is 3. The Morgan fingerprint density at radius 3 is 2.70 bits per heavy atom.